The summed E-state index contributed by atoms with van der Waals surface area (Å²) in [6.07, 6.45) is 2.26. The summed E-state index contributed by atoms with van der Waals surface area (Å²) in [4.78, 5) is 28.7. The number of rotatable bonds is 6. The summed E-state index contributed by atoms with van der Waals surface area (Å²) in [5.74, 6) is 0.376. The number of likely N-dealkylation sites (tertiary alicyclic amines) is 1. The van der Waals surface area contributed by atoms with Gasteiger partial charge in [0.25, 0.3) is 0 Å². The first kappa shape index (κ1) is 24.1. The van der Waals surface area contributed by atoms with Gasteiger partial charge in [0.1, 0.15) is 11.9 Å². The molecule has 2 heterocycles. The smallest absolute Gasteiger partial charge is 0.320 e. The average Bonchev–Trinajstić information content (AvgIpc) is 2.74. The number of carbonyl (C=O) groups is 2. The molecule has 1 aromatic rings. The van der Waals surface area contributed by atoms with Gasteiger partial charge >= 0.3 is 6.03 Å². The largest absolute Gasteiger partial charge is 0.353 e. The van der Waals surface area contributed by atoms with Crippen LogP contribution in [-0.4, -0.2) is 79.6 Å². The van der Waals surface area contributed by atoms with Gasteiger partial charge in [-0.1, -0.05) is 17.7 Å². The van der Waals surface area contributed by atoms with Gasteiger partial charge in [0.2, 0.25) is 5.91 Å². The number of sulfone groups is 1. The van der Waals surface area contributed by atoms with E-state index in [-0.39, 0.29) is 42.4 Å². The molecule has 2 aliphatic rings. The first-order valence-electron chi connectivity index (χ1n) is 10.3. The van der Waals surface area contributed by atoms with Crippen molar-refractivity contribution in [2.24, 2.45) is 0 Å². The molecule has 0 aliphatic carbocycles. The Labute approximate surface area is 191 Å². The number of nitrogens with one attached hydrogen (secondary N) is 1. The van der Waals surface area contributed by atoms with Crippen molar-refractivity contribution in [2.45, 2.75) is 31.1 Å². The van der Waals surface area contributed by atoms with Gasteiger partial charge < -0.3 is 15.1 Å². The predicted octanol–water partition coefficient (Wildman–Crippen LogP) is 2.53. The monoisotopic (exact) mass is 491 g/mol. The van der Waals surface area contributed by atoms with Gasteiger partial charge in [0, 0.05) is 48.3 Å². The normalized spacial score (nSPS) is 21.0. The molecule has 0 unspecified atom stereocenters. The van der Waals surface area contributed by atoms with Crippen molar-refractivity contribution in [3.05, 3.63) is 34.6 Å². The van der Waals surface area contributed by atoms with Gasteiger partial charge in [0.05, 0.1) is 11.5 Å². The molecule has 11 heteroatoms. The lowest BCUT2D eigenvalue weighted by atomic mass is 10.0. The lowest BCUT2D eigenvalue weighted by Crippen LogP contribution is -2.57. The summed E-state index contributed by atoms with van der Waals surface area (Å²) >= 11 is 7.49. The van der Waals surface area contributed by atoms with E-state index in [1.165, 1.54) is 22.7 Å². The second kappa shape index (κ2) is 10.9. The van der Waals surface area contributed by atoms with Gasteiger partial charge in [-0.2, -0.15) is 11.8 Å². The average molecular weight is 492 g/mol. The number of hydrogen-bond donors (Lipinski definition) is 1. The number of carbonyl (C=O) groups excluding carboxylic acids is 2. The highest BCUT2D eigenvalue weighted by Gasteiger charge is 2.36. The number of piperidine rings is 1. The van der Waals surface area contributed by atoms with E-state index in [9.17, 15) is 22.4 Å². The summed E-state index contributed by atoms with van der Waals surface area (Å²) in [5.41, 5.74) is 0.452. The molecule has 0 saturated carbocycles. The van der Waals surface area contributed by atoms with Crippen LogP contribution in [0.2, 0.25) is 5.02 Å². The van der Waals surface area contributed by atoms with Crippen molar-refractivity contribution in [1.29, 1.82) is 0 Å². The maximum atomic E-state index is 13.8. The molecule has 1 N–H and O–H groups in total. The molecule has 3 amide bonds. The van der Waals surface area contributed by atoms with E-state index in [1.54, 1.807) is 17.0 Å². The topological polar surface area (TPSA) is 86.8 Å². The van der Waals surface area contributed by atoms with Gasteiger partial charge in [0.15, 0.2) is 9.84 Å². The zero-order chi connectivity index (χ0) is 22.4. The van der Waals surface area contributed by atoms with Gasteiger partial charge in [-0.15, -0.1) is 0 Å². The fraction of sp³-hybridized carbons (Fsp3) is 0.600. The third-order valence-corrected chi connectivity index (χ3v) is 8.47. The molecular weight excluding hydrogens is 465 g/mol. The van der Waals surface area contributed by atoms with Crippen LogP contribution in [0.1, 0.15) is 24.8 Å². The molecule has 0 bridgehead atoms. The quantitative estimate of drug-likeness (QED) is 0.618. The molecular formula is C20H27ClFN3O4S2. The number of nitrogens with zero attached hydrogens (tertiary/aromatic N) is 2. The zero-order valence-corrected chi connectivity index (χ0v) is 19.6. The molecule has 2 aliphatic heterocycles. The van der Waals surface area contributed by atoms with Crippen LogP contribution in [0.4, 0.5) is 9.18 Å². The summed E-state index contributed by atoms with van der Waals surface area (Å²) in [6, 6.07) is 3.76. The van der Waals surface area contributed by atoms with Crippen LogP contribution < -0.4 is 5.32 Å². The SMILES string of the molecule is O=C(NCCSCc1c(F)cccc1Cl)[C@@H]1CCCCN1C(=O)N1CCS(=O)(=O)CC1. The molecule has 31 heavy (non-hydrogen) atoms. The van der Waals surface area contributed by atoms with Crippen molar-refractivity contribution in [3.63, 3.8) is 0 Å². The molecule has 7 nitrogen and oxygen atoms in total. The number of benzene rings is 1. The molecule has 1 aromatic carbocycles. The molecule has 0 radical (unpaired) electrons. The highest BCUT2D eigenvalue weighted by atomic mass is 35.5. The van der Waals surface area contributed by atoms with Crippen LogP contribution in [0.3, 0.4) is 0 Å². The Morgan fingerprint density at radius 2 is 1.94 bits per heavy atom. The maximum absolute atomic E-state index is 13.8. The summed E-state index contributed by atoms with van der Waals surface area (Å²) in [5, 5.41) is 3.26. The van der Waals surface area contributed by atoms with E-state index in [0.29, 0.717) is 41.6 Å². The molecule has 0 spiro atoms. The van der Waals surface area contributed by atoms with E-state index in [2.05, 4.69) is 5.32 Å². The minimum atomic E-state index is -3.08. The minimum absolute atomic E-state index is 0.0350. The van der Waals surface area contributed by atoms with E-state index >= 15 is 0 Å². The van der Waals surface area contributed by atoms with Crippen LogP contribution in [0.5, 0.6) is 0 Å². The summed E-state index contributed by atoms with van der Waals surface area (Å²) in [7, 11) is -3.08. The van der Waals surface area contributed by atoms with Crippen molar-refractivity contribution in [3.8, 4) is 0 Å². The number of amides is 3. The van der Waals surface area contributed by atoms with Crippen LogP contribution in [-0.2, 0) is 20.4 Å². The third kappa shape index (κ3) is 6.49. The van der Waals surface area contributed by atoms with E-state index in [1.807, 2.05) is 0 Å². The third-order valence-electron chi connectivity index (χ3n) is 5.52. The Kier molecular flexibility index (Phi) is 8.46. The number of urea groups is 1. The first-order valence-corrected chi connectivity index (χ1v) is 13.7. The molecule has 3 rings (SSSR count). The van der Waals surface area contributed by atoms with E-state index in [4.69, 9.17) is 11.6 Å². The second-order valence-electron chi connectivity index (χ2n) is 7.67. The Morgan fingerprint density at radius 1 is 1.19 bits per heavy atom. The van der Waals surface area contributed by atoms with Crippen molar-refractivity contribution >= 4 is 45.1 Å². The molecule has 1 atom stereocenters. The number of hydrogen-bond acceptors (Lipinski definition) is 5. The van der Waals surface area contributed by atoms with E-state index in [0.717, 1.165) is 12.8 Å². The number of halogens is 2. The highest BCUT2D eigenvalue weighted by Crippen LogP contribution is 2.24. The first-order chi connectivity index (χ1) is 14.8. The second-order valence-corrected chi connectivity index (χ2v) is 11.5. The van der Waals surface area contributed by atoms with Crippen molar-refractivity contribution in [1.82, 2.24) is 15.1 Å². The van der Waals surface area contributed by atoms with Crippen LogP contribution in [0.25, 0.3) is 0 Å². The predicted molar refractivity (Wildman–Crippen MR) is 121 cm³/mol. The Hall–Kier alpha value is -1.52. The summed E-state index contributed by atoms with van der Waals surface area (Å²) < 4.78 is 37.0. The number of thioether (sulfide) groups is 1. The molecule has 2 saturated heterocycles. The molecule has 2 fully saturated rings. The van der Waals surface area contributed by atoms with Crippen LogP contribution >= 0.6 is 23.4 Å². The lowest BCUT2D eigenvalue weighted by Gasteiger charge is -2.39. The zero-order valence-electron chi connectivity index (χ0n) is 17.2. The van der Waals surface area contributed by atoms with Crippen molar-refractivity contribution < 1.29 is 22.4 Å². The van der Waals surface area contributed by atoms with E-state index < -0.39 is 15.9 Å². The fourth-order valence-corrected chi connectivity index (χ4v) is 6.13. The standard InChI is InChI=1S/C20H27ClFN3O4S2/c21-16-4-3-5-17(22)15(16)14-30-11-7-23-19(26)18-6-1-2-8-25(18)20(27)24-9-12-31(28,29)13-10-24/h3-5,18H,1-2,6-14H2,(H,23,26)/t18-/m0/s1. The van der Waals surface area contributed by atoms with Gasteiger partial charge in [-0.25, -0.2) is 17.6 Å². The van der Waals surface area contributed by atoms with Crippen LogP contribution in [0, 0.1) is 5.82 Å². The lowest BCUT2D eigenvalue weighted by molar-refractivity contribution is -0.126. The molecule has 0 aromatic heterocycles. The maximum Gasteiger partial charge on any atom is 0.320 e. The van der Waals surface area contributed by atoms with Gasteiger partial charge in [-0.05, 0) is 31.4 Å². The summed E-state index contributed by atoms with van der Waals surface area (Å²) in [6.45, 7) is 1.22. The van der Waals surface area contributed by atoms with Crippen molar-refractivity contribution in [2.75, 3.05) is 43.4 Å². The highest BCUT2D eigenvalue weighted by molar-refractivity contribution is 7.98. The Balaban J connectivity index is 1.47. The Morgan fingerprint density at radius 3 is 2.65 bits per heavy atom. The molecule has 172 valence electrons. The minimum Gasteiger partial charge on any atom is -0.353 e. The van der Waals surface area contributed by atoms with Crippen LogP contribution in [0.15, 0.2) is 18.2 Å². The van der Waals surface area contributed by atoms with Gasteiger partial charge in [-0.3, -0.25) is 4.79 Å². The Bertz CT molecular complexity index is 881. The fourth-order valence-electron chi connectivity index (χ4n) is 3.73.